The van der Waals surface area contributed by atoms with Gasteiger partial charge < -0.3 is 0 Å². The molecule has 1 rings (SSSR count). The number of hydrogen-bond donors (Lipinski definition) is 0. The van der Waals surface area contributed by atoms with Crippen LogP contribution in [0.15, 0.2) is 9.73 Å². The van der Waals surface area contributed by atoms with Crippen LogP contribution >= 0.6 is 0 Å². The van der Waals surface area contributed by atoms with Crippen LogP contribution in [-0.4, -0.2) is 40.2 Å². The summed E-state index contributed by atoms with van der Waals surface area (Å²) >= 11 is 0.986. The molecule has 0 nitrogen and oxygen atoms in total. The molecule has 0 spiro atoms. The zero-order valence-electron chi connectivity index (χ0n) is 3.20. The Balaban J connectivity index is 2.77. The molecule has 0 aromatic carbocycles. The average Bonchev–Trinajstić information content (AvgIpc) is 1.72. The van der Waals surface area contributed by atoms with Gasteiger partial charge in [0.05, 0.1) is 0 Å². The van der Waals surface area contributed by atoms with Gasteiger partial charge in [-0.3, -0.25) is 0 Å². The molecule has 0 saturated heterocycles. The van der Waals surface area contributed by atoms with Crippen LogP contribution in [0.5, 0.6) is 0 Å². The first kappa shape index (κ1) is 4.75. The fraction of sp³-hybridized carbons (Fsp3) is 0. The Bertz CT molecular complexity index is 74.9. The topological polar surface area (TPSA) is 0 Å². The van der Waals surface area contributed by atoms with E-state index in [0.717, 1.165) is 0 Å². The first-order valence-electron chi connectivity index (χ1n) is 1.70. The molecule has 0 bridgehead atoms. The Morgan fingerprint density at radius 2 is 1.33 bits per heavy atom. The van der Waals surface area contributed by atoms with Gasteiger partial charge in [0, 0.05) is 0 Å². The molecule has 0 radical (unpaired) electrons. The third-order valence-corrected chi connectivity index (χ3v) is 5.39. The molecular formula is C4H4As2. The zero-order chi connectivity index (χ0) is 4.24. The van der Waals surface area contributed by atoms with Gasteiger partial charge in [-0.2, -0.15) is 0 Å². The minimum atomic E-state index is 0.493. The molecule has 1 aliphatic heterocycles. The van der Waals surface area contributed by atoms with Gasteiger partial charge in [0.2, 0.25) is 0 Å². The van der Waals surface area contributed by atoms with Crippen LogP contribution in [0.2, 0.25) is 0 Å². The Kier molecular flexibility index (Phi) is 2.15. The summed E-state index contributed by atoms with van der Waals surface area (Å²) in [7, 11) is 0. The van der Waals surface area contributed by atoms with Crippen LogP contribution in [0.1, 0.15) is 0 Å². The molecule has 0 N–H and O–H groups in total. The Morgan fingerprint density at radius 3 is 1.50 bits per heavy atom. The van der Waals surface area contributed by atoms with E-state index in [4.69, 9.17) is 0 Å². The second-order valence-corrected chi connectivity index (χ2v) is 4.65. The monoisotopic (exact) mass is 202 g/mol. The van der Waals surface area contributed by atoms with Crippen LogP contribution < -0.4 is 0 Å². The molecular weight excluding hydrogens is 198 g/mol. The average molecular weight is 202 g/mol. The molecule has 0 saturated carbocycles. The molecule has 1 heterocycles. The molecule has 0 aromatic heterocycles. The zero-order valence-corrected chi connectivity index (χ0v) is 6.96. The van der Waals surface area contributed by atoms with Crippen molar-refractivity contribution in [1.82, 2.24) is 0 Å². The van der Waals surface area contributed by atoms with E-state index in [9.17, 15) is 0 Å². The maximum absolute atomic E-state index is 2.32. The predicted molar refractivity (Wildman–Crippen MR) is 32.8 cm³/mol. The molecule has 0 aliphatic carbocycles. The summed E-state index contributed by atoms with van der Waals surface area (Å²) < 4.78 is 0. The summed E-state index contributed by atoms with van der Waals surface area (Å²) in [6.45, 7) is 0. The van der Waals surface area contributed by atoms with Crippen molar-refractivity contribution >= 4 is 40.2 Å². The molecule has 0 unspecified atom stereocenters. The Hall–Kier alpha value is 0.597. The summed E-state index contributed by atoms with van der Waals surface area (Å²) in [4.78, 5) is 9.26. The van der Waals surface area contributed by atoms with E-state index in [-0.39, 0.29) is 0 Å². The standard InChI is InChI=1S/C4H4As2/c1-2-6-4-3-5-1/h1-4H. The van der Waals surface area contributed by atoms with Gasteiger partial charge >= 0.3 is 50.0 Å². The Labute approximate surface area is 50.1 Å². The van der Waals surface area contributed by atoms with E-state index in [1.807, 2.05) is 0 Å². The molecule has 30 valence electrons. The van der Waals surface area contributed by atoms with E-state index >= 15 is 0 Å². The van der Waals surface area contributed by atoms with Gasteiger partial charge in [-0.05, 0) is 0 Å². The van der Waals surface area contributed by atoms with Crippen LogP contribution in [0.25, 0.3) is 0 Å². The summed E-state index contributed by atoms with van der Waals surface area (Å²) in [5.74, 6) is 0. The fourth-order valence-electron chi connectivity index (χ4n) is 0.253. The van der Waals surface area contributed by atoms with Crippen molar-refractivity contribution in [2.24, 2.45) is 0 Å². The van der Waals surface area contributed by atoms with Gasteiger partial charge in [-0.1, -0.05) is 0 Å². The van der Waals surface area contributed by atoms with E-state index in [2.05, 4.69) is 19.3 Å². The van der Waals surface area contributed by atoms with E-state index in [1.165, 1.54) is 0 Å². The number of rotatable bonds is 0. The molecule has 0 atom stereocenters. The van der Waals surface area contributed by atoms with Crippen LogP contribution in [0, 0.1) is 0 Å². The molecule has 0 fully saturated rings. The van der Waals surface area contributed by atoms with Gasteiger partial charge in [-0.25, -0.2) is 0 Å². The van der Waals surface area contributed by atoms with Crippen LogP contribution in [-0.2, 0) is 0 Å². The van der Waals surface area contributed by atoms with Crippen molar-refractivity contribution < 1.29 is 0 Å². The van der Waals surface area contributed by atoms with Crippen molar-refractivity contribution in [1.29, 1.82) is 0 Å². The van der Waals surface area contributed by atoms with Crippen molar-refractivity contribution in [2.45, 2.75) is 0 Å². The first-order valence-corrected chi connectivity index (χ1v) is 6.03. The van der Waals surface area contributed by atoms with E-state index in [0.29, 0.717) is 30.6 Å². The third-order valence-electron chi connectivity index (χ3n) is 0.478. The fourth-order valence-corrected chi connectivity index (χ4v) is 4.67. The van der Waals surface area contributed by atoms with Crippen LogP contribution in [0.4, 0.5) is 0 Å². The molecule has 6 heavy (non-hydrogen) atoms. The van der Waals surface area contributed by atoms with Gasteiger partial charge in [0.1, 0.15) is 0 Å². The second-order valence-electron chi connectivity index (χ2n) is 0.894. The van der Waals surface area contributed by atoms with Crippen LogP contribution in [0.3, 0.4) is 0 Å². The van der Waals surface area contributed by atoms with Gasteiger partial charge in [-0.15, -0.1) is 0 Å². The van der Waals surface area contributed by atoms with Gasteiger partial charge in [0.25, 0.3) is 0 Å². The summed E-state index contributed by atoms with van der Waals surface area (Å²) in [5, 5.41) is 0. The Morgan fingerprint density at radius 1 is 0.833 bits per heavy atom. The predicted octanol–water partition coefficient (Wildman–Crippen LogP) is -0.516. The molecule has 0 aromatic rings. The first-order chi connectivity index (χ1) is 3.00. The van der Waals surface area contributed by atoms with Crippen molar-refractivity contribution in [2.75, 3.05) is 0 Å². The quantitative estimate of drug-likeness (QED) is 0.464. The van der Waals surface area contributed by atoms with Crippen molar-refractivity contribution in [3.63, 3.8) is 0 Å². The van der Waals surface area contributed by atoms with Gasteiger partial charge in [0.15, 0.2) is 0 Å². The molecule has 2 heteroatoms. The van der Waals surface area contributed by atoms with Crippen molar-refractivity contribution in [3.8, 4) is 0 Å². The summed E-state index contributed by atoms with van der Waals surface area (Å²) in [6.07, 6.45) is 0. The second kappa shape index (κ2) is 2.72. The maximum atomic E-state index is 2.32. The third kappa shape index (κ3) is 1.37. The minimum absolute atomic E-state index is 0.493. The van der Waals surface area contributed by atoms with E-state index in [1.54, 1.807) is 0 Å². The SMILES string of the molecule is C1=C[As]=CC=[As]1. The molecule has 0 amide bonds. The van der Waals surface area contributed by atoms with E-state index < -0.39 is 0 Å². The normalized spacial score (nSPS) is 21.3. The summed E-state index contributed by atoms with van der Waals surface area (Å²) in [6, 6.07) is 0. The van der Waals surface area contributed by atoms with Crippen molar-refractivity contribution in [3.05, 3.63) is 9.73 Å². The molecule has 1 aliphatic rings. The summed E-state index contributed by atoms with van der Waals surface area (Å²) in [5.41, 5.74) is 0. The number of hydrogen-bond acceptors (Lipinski definition) is 0.